The zero-order chi connectivity index (χ0) is 20.6. The predicted molar refractivity (Wildman–Crippen MR) is 97.5 cm³/mol. The first kappa shape index (κ1) is 20.8. The number of amides is 1. The summed E-state index contributed by atoms with van der Waals surface area (Å²) >= 11 is 0. The molecule has 1 amide bonds. The Hall–Kier alpha value is -2.51. The Morgan fingerprint density at radius 3 is 1.96 bits per heavy atom. The summed E-state index contributed by atoms with van der Waals surface area (Å²) in [7, 11) is 0. The Balaban J connectivity index is 2.43. The lowest BCUT2D eigenvalue weighted by atomic mass is 10.1. The molecule has 5 nitrogen and oxygen atoms in total. The van der Waals surface area contributed by atoms with Gasteiger partial charge in [-0.1, -0.05) is 0 Å². The third kappa shape index (κ3) is 5.74. The molecule has 0 saturated carbocycles. The van der Waals surface area contributed by atoms with E-state index in [4.69, 9.17) is 4.42 Å². The van der Waals surface area contributed by atoms with E-state index in [0.717, 1.165) is 12.1 Å². The summed E-state index contributed by atoms with van der Waals surface area (Å²) in [5.41, 5.74) is -1.27. The van der Waals surface area contributed by atoms with Crippen LogP contribution in [0.4, 0.5) is 19.1 Å². The minimum absolute atomic E-state index is 0.0507. The number of nitrogens with one attached hydrogen (secondary N) is 2. The highest BCUT2D eigenvalue weighted by Gasteiger charge is 2.31. The summed E-state index contributed by atoms with van der Waals surface area (Å²) < 4.78 is 43.9. The molecule has 1 aromatic heterocycles. The minimum atomic E-state index is -4.42. The van der Waals surface area contributed by atoms with Crippen molar-refractivity contribution in [1.82, 2.24) is 10.3 Å². The molecule has 27 heavy (non-hydrogen) atoms. The van der Waals surface area contributed by atoms with Gasteiger partial charge in [0.1, 0.15) is 0 Å². The Labute approximate surface area is 156 Å². The first-order chi connectivity index (χ1) is 12.2. The second-order valence-corrected chi connectivity index (χ2v) is 8.35. The molecule has 0 aliphatic carbocycles. The van der Waals surface area contributed by atoms with Gasteiger partial charge in [-0.15, -0.1) is 0 Å². The van der Waals surface area contributed by atoms with Crippen LogP contribution in [-0.2, 0) is 6.18 Å². The zero-order valence-corrected chi connectivity index (χ0v) is 16.2. The fourth-order valence-electron chi connectivity index (χ4n) is 2.22. The van der Waals surface area contributed by atoms with Crippen molar-refractivity contribution in [2.45, 2.75) is 58.8 Å². The van der Waals surface area contributed by atoms with Crippen molar-refractivity contribution < 1.29 is 22.4 Å². The number of benzene rings is 1. The van der Waals surface area contributed by atoms with Crippen LogP contribution in [0.5, 0.6) is 0 Å². The molecule has 148 valence electrons. The number of oxazole rings is 1. The van der Waals surface area contributed by atoms with E-state index in [1.165, 1.54) is 12.1 Å². The van der Waals surface area contributed by atoms with Gasteiger partial charge < -0.3 is 15.1 Å². The molecule has 0 atom stereocenters. The Bertz CT molecular complexity index is 811. The Morgan fingerprint density at radius 2 is 1.52 bits per heavy atom. The monoisotopic (exact) mass is 383 g/mol. The number of carbonyl (C=O) groups is 1. The summed E-state index contributed by atoms with van der Waals surface area (Å²) in [6, 6.07) is 4.43. The highest BCUT2D eigenvalue weighted by molar-refractivity contribution is 5.97. The third-order valence-electron chi connectivity index (χ3n) is 3.28. The number of halogens is 3. The molecule has 2 rings (SSSR count). The number of anilines is 1. The predicted octanol–water partition coefficient (Wildman–Crippen LogP) is 5.10. The van der Waals surface area contributed by atoms with Crippen LogP contribution in [0.2, 0.25) is 0 Å². The van der Waals surface area contributed by atoms with Gasteiger partial charge in [-0.05, 0) is 65.8 Å². The van der Waals surface area contributed by atoms with Crippen molar-refractivity contribution >= 4 is 11.8 Å². The van der Waals surface area contributed by atoms with Crippen molar-refractivity contribution in [1.29, 1.82) is 0 Å². The van der Waals surface area contributed by atoms with Gasteiger partial charge in [0.2, 0.25) is 11.8 Å². The largest absolute Gasteiger partial charge is 0.420 e. The van der Waals surface area contributed by atoms with Crippen molar-refractivity contribution in [3.63, 3.8) is 0 Å². The summed E-state index contributed by atoms with van der Waals surface area (Å²) in [6.45, 7) is 11.2. The fourth-order valence-corrected chi connectivity index (χ4v) is 2.22. The minimum Gasteiger partial charge on any atom is -0.420 e. The van der Waals surface area contributed by atoms with Crippen LogP contribution < -0.4 is 10.6 Å². The average Bonchev–Trinajstić information content (AvgIpc) is 2.86. The van der Waals surface area contributed by atoms with Gasteiger partial charge >= 0.3 is 6.18 Å². The molecule has 0 saturated heterocycles. The zero-order valence-electron chi connectivity index (χ0n) is 16.2. The summed E-state index contributed by atoms with van der Waals surface area (Å²) in [4.78, 5) is 16.8. The third-order valence-corrected chi connectivity index (χ3v) is 3.28. The molecule has 0 aliphatic rings. The Morgan fingerprint density at radius 1 is 0.963 bits per heavy atom. The van der Waals surface area contributed by atoms with Crippen LogP contribution in [0.25, 0.3) is 11.5 Å². The van der Waals surface area contributed by atoms with Crippen LogP contribution in [0.1, 0.15) is 57.6 Å². The number of rotatable bonds is 3. The quantitative estimate of drug-likeness (QED) is 0.774. The number of aromatic nitrogens is 1. The summed E-state index contributed by atoms with van der Waals surface area (Å²) in [5.74, 6) is -0.204. The number of hydrogen-bond acceptors (Lipinski definition) is 4. The SMILES string of the molecule is CC(C)(C)NC(=O)c1nc(-c2ccc(C(F)(F)F)cc2)oc1NC(C)(C)C. The lowest BCUT2D eigenvalue weighted by molar-refractivity contribution is -0.137. The normalized spacial score (nSPS) is 12.8. The van der Waals surface area contributed by atoms with Crippen molar-refractivity contribution in [3.8, 4) is 11.5 Å². The van der Waals surface area contributed by atoms with E-state index >= 15 is 0 Å². The van der Waals surface area contributed by atoms with E-state index < -0.39 is 28.7 Å². The van der Waals surface area contributed by atoms with Gasteiger partial charge in [0.15, 0.2) is 5.69 Å². The molecule has 0 spiro atoms. The molecule has 1 aromatic carbocycles. The van der Waals surface area contributed by atoms with E-state index in [9.17, 15) is 18.0 Å². The van der Waals surface area contributed by atoms with Crippen LogP contribution in [0.3, 0.4) is 0 Å². The van der Waals surface area contributed by atoms with Gasteiger partial charge in [-0.3, -0.25) is 4.79 Å². The number of carbonyl (C=O) groups excluding carboxylic acids is 1. The number of alkyl halides is 3. The molecule has 0 fully saturated rings. The molecule has 2 aromatic rings. The molecule has 1 heterocycles. The Kier molecular flexibility index (Phi) is 5.32. The highest BCUT2D eigenvalue weighted by atomic mass is 19.4. The van der Waals surface area contributed by atoms with Crippen LogP contribution >= 0.6 is 0 Å². The van der Waals surface area contributed by atoms with E-state index in [1.54, 1.807) is 0 Å². The second-order valence-electron chi connectivity index (χ2n) is 8.35. The van der Waals surface area contributed by atoms with Gasteiger partial charge in [-0.2, -0.15) is 13.2 Å². The first-order valence-corrected chi connectivity index (χ1v) is 8.45. The molecule has 0 radical (unpaired) electrons. The van der Waals surface area contributed by atoms with E-state index in [-0.39, 0.29) is 17.5 Å². The molecule has 0 unspecified atom stereocenters. The van der Waals surface area contributed by atoms with Gasteiger partial charge in [0.05, 0.1) is 5.56 Å². The fraction of sp³-hybridized carbons (Fsp3) is 0.474. The lowest BCUT2D eigenvalue weighted by Crippen LogP contribution is -2.41. The maximum Gasteiger partial charge on any atom is 0.416 e. The van der Waals surface area contributed by atoms with Gasteiger partial charge in [0.25, 0.3) is 5.91 Å². The molecular weight excluding hydrogens is 359 g/mol. The summed E-state index contributed by atoms with van der Waals surface area (Å²) in [5, 5.41) is 5.88. The maximum atomic E-state index is 12.7. The first-order valence-electron chi connectivity index (χ1n) is 8.45. The van der Waals surface area contributed by atoms with Gasteiger partial charge in [0, 0.05) is 16.6 Å². The van der Waals surface area contributed by atoms with E-state index in [1.807, 2.05) is 41.5 Å². The van der Waals surface area contributed by atoms with E-state index in [0.29, 0.717) is 5.56 Å². The van der Waals surface area contributed by atoms with Crippen molar-refractivity contribution in [3.05, 3.63) is 35.5 Å². The molecular formula is C19H24F3N3O2. The van der Waals surface area contributed by atoms with Crippen molar-refractivity contribution in [2.24, 2.45) is 0 Å². The molecule has 8 heteroatoms. The number of nitrogens with zero attached hydrogens (tertiary/aromatic N) is 1. The second kappa shape index (κ2) is 6.90. The molecule has 2 N–H and O–H groups in total. The molecule has 0 bridgehead atoms. The lowest BCUT2D eigenvalue weighted by Gasteiger charge is -2.22. The van der Waals surface area contributed by atoms with Gasteiger partial charge in [-0.25, -0.2) is 4.98 Å². The maximum absolute atomic E-state index is 12.7. The van der Waals surface area contributed by atoms with Crippen molar-refractivity contribution in [2.75, 3.05) is 5.32 Å². The number of hydrogen-bond donors (Lipinski definition) is 2. The van der Waals surface area contributed by atoms with Crippen LogP contribution in [0, 0.1) is 0 Å². The summed E-state index contributed by atoms with van der Waals surface area (Å²) in [6.07, 6.45) is -4.42. The standard InChI is InChI=1S/C19H24F3N3O2/c1-17(2,3)24-14(26)13-16(25-18(4,5)6)27-15(23-13)11-7-9-12(10-8-11)19(20,21)22/h7-10,25H,1-6H3,(H,24,26). The van der Waals surface area contributed by atoms with Crippen LogP contribution in [-0.4, -0.2) is 22.0 Å². The smallest absolute Gasteiger partial charge is 0.416 e. The van der Waals surface area contributed by atoms with Crippen LogP contribution in [0.15, 0.2) is 28.7 Å². The topological polar surface area (TPSA) is 67.2 Å². The molecule has 0 aliphatic heterocycles. The van der Waals surface area contributed by atoms with E-state index in [2.05, 4.69) is 15.6 Å². The highest BCUT2D eigenvalue weighted by Crippen LogP contribution is 2.32. The average molecular weight is 383 g/mol.